The molecule has 0 radical (unpaired) electrons. The van der Waals surface area contributed by atoms with Crippen molar-refractivity contribution in [3.63, 3.8) is 0 Å². The highest BCUT2D eigenvalue weighted by molar-refractivity contribution is 7.89. The van der Waals surface area contributed by atoms with Crippen LogP contribution in [0.3, 0.4) is 0 Å². The second-order valence-electron chi connectivity index (χ2n) is 8.12. The third-order valence-electron chi connectivity index (χ3n) is 5.52. The van der Waals surface area contributed by atoms with E-state index in [0.29, 0.717) is 18.7 Å². The molecule has 172 valence electrons. The number of para-hydroxylation sites is 1. The first kappa shape index (κ1) is 26.6. The van der Waals surface area contributed by atoms with E-state index in [1.165, 1.54) is 48.9 Å². The van der Waals surface area contributed by atoms with Crippen LogP contribution in [0.5, 0.6) is 0 Å². The summed E-state index contributed by atoms with van der Waals surface area (Å²) in [6.07, 6.45) is 12.9. The summed E-state index contributed by atoms with van der Waals surface area (Å²) in [6.45, 7) is 6.78. The van der Waals surface area contributed by atoms with Gasteiger partial charge in [-0.05, 0) is 25.8 Å². The molecule has 0 fully saturated rings. The van der Waals surface area contributed by atoms with Crippen LogP contribution >= 0.6 is 0 Å². The maximum atomic E-state index is 13.4. The topological polar surface area (TPSA) is 80.5 Å². The van der Waals surface area contributed by atoms with Gasteiger partial charge in [0.05, 0.1) is 4.92 Å². The van der Waals surface area contributed by atoms with Crippen LogP contribution in [-0.4, -0.2) is 30.7 Å². The minimum absolute atomic E-state index is 0.176. The van der Waals surface area contributed by atoms with Gasteiger partial charge in [-0.25, -0.2) is 8.42 Å². The Hall–Kier alpha value is -1.47. The molecule has 1 aromatic carbocycles. The molecular formula is C23H40N2O4S. The second kappa shape index (κ2) is 14.5. The van der Waals surface area contributed by atoms with Crippen molar-refractivity contribution in [2.75, 3.05) is 13.1 Å². The molecule has 0 aromatic heterocycles. The van der Waals surface area contributed by atoms with Crippen molar-refractivity contribution in [3.8, 4) is 0 Å². The van der Waals surface area contributed by atoms with Gasteiger partial charge in [0.15, 0.2) is 4.90 Å². The molecule has 0 atom stereocenters. The van der Waals surface area contributed by atoms with Crippen LogP contribution in [-0.2, 0) is 10.0 Å². The van der Waals surface area contributed by atoms with E-state index in [9.17, 15) is 18.5 Å². The van der Waals surface area contributed by atoms with E-state index in [1.807, 2.05) is 0 Å². The van der Waals surface area contributed by atoms with Crippen molar-refractivity contribution in [3.05, 3.63) is 33.9 Å². The summed E-state index contributed by atoms with van der Waals surface area (Å²) in [5.74, 6) is 0. The summed E-state index contributed by atoms with van der Waals surface area (Å²) in [7, 11) is -3.90. The Bertz CT molecular complexity index is 719. The summed E-state index contributed by atoms with van der Waals surface area (Å²) < 4.78 is 28.2. The normalized spacial score (nSPS) is 11.9. The van der Waals surface area contributed by atoms with Crippen LogP contribution in [0.25, 0.3) is 0 Å². The van der Waals surface area contributed by atoms with E-state index in [0.717, 1.165) is 38.5 Å². The lowest BCUT2D eigenvalue weighted by molar-refractivity contribution is -0.388. The number of nitro benzene ring substituents is 1. The van der Waals surface area contributed by atoms with E-state index in [4.69, 9.17) is 0 Å². The first-order valence-electron chi connectivity index (χ1n) is 11.6. The van der Waals surface area contributed by atoms with Crippen LogP contribution in [0.1, 0.15) is 96.5 Å². The number of nitrogens with zero attached hydrogens (tertiary/aromatic N) is 2. The molecule has 6 nitrogen and oxygen atoms in total. The average molecular weight is 441 g/mol. The Morgan fingerprint density at radius 2 is 1.30 bits per heavy atom. The molecule has 0 amide bonds. The van der Waals surface area contributed by atoms with Crippen LogP contribution < -0.4 is 0 Å². The molecule has 0 saturated carbocycles. The Balaban J connectivity index is 2.90. The van der Waals surface area contributed by atoms with E-state index >= 15 is 0 Å². The fourth-order valence-corrected chi connectivity index (χ4v) is 5.45. The van der Waals surface area contributed by atoms with Gasteiger partial charge in [0.25, 0.3) is 5.69 Å². The minimum atomic E-state index is -3.90. The average Bonchev–Trinajstić information content (AvgIpc) is 2.70. The Kier molecular flexibility index (Phi) is 12.9. The molecule has 0 heterocycles. The molecule has 1 rings (SSSR count). The number of nitro groups is 1. The number of sulfonamides is 1. The number of hydrogen-bond acceptors (Lipinski definition) is 4. The first-order valence-corrected chi connectivity index (χ1v) is 13.0. The number of benzene rings is 1. The van der Waals surface area contributed by atoms with Gasteiger partial charge in [0.1, 0.15) is 0 Å². The molecule has 7 heteroatoms. The molecule has 0 aliphatic carbocycles. The van der Waals surface area contributed by atoms with Gasteiger partial charge < -0.3 is 0 Å². The van der Waals surface area contributed by atoms with E-state index in [-0.39, 0.29) is 10.6 Å². The Labute approximate surface area is 183 Å². The van der Waals surface area contributed by atoms with Crippen molar-refractivity contribution in [1.82, 2.24) is 4.31 Å². The SMILES string of the molecule is CCCCCCCCN(CCCCCCCC)S(=O)(=O)c1cccc(C)c1[N+](=O)[O-]. The summed E-state index contributed by atoms with van der Waals surface area (Å²) in [5, 5.41) is 11.6. The quantitative estimate of drug-likeness (QED) is 0.155. The highest BCUT2D eigenvalue weighted by Crippen LogP contribution is 2.30. The van der Waals surface area contributed by atoms with Gasteiger partial charge in [-0.1, -0.05) is 90.2 Å². The van der Waals surface area contributed by atoms with E-state index < -0.39 is 14.9 Å². The van der Waals surface area contributed by atoms with Crippen molar-refractivity contribution >= 4 is 15.7 Å². The predicted molar refractivity (Wildman–Crippen MR) is 123 cm³/mol. The predicted octanol–water partition coefficient (Wildman–Crippen LogP) is 6.61. The fourth-order valence-electron chi connectivity index (χ4n) is 3.70. The highest BCUT2D eigenvalue weighted by Gasteiger charge is 2.32. The summed E-state index contributed by atoms with van der Waals surface area (Å²) in [4.78, 5) is 10.8. The van der Waals surface area contributed by atoms with E-state index in [1.54, 1.807) is 19.1 Å². The minimum Gasteiger partial charge on any atom is -0.258 e. The first-order chi connectivity index (χ1) is 14.4. The number of rotatable bonds is 17. The van der Waals surface area contributed by atoms with Gasteiger partial charge in [0.2, 0.25) is 10.0 Å². The summed E-state index contributed by atoms with van der Waals surface area (Å²) >= 11 is 0. The van der Waals surface area contributed by atoms with Crippen LogP contribution in [0.2, 0.25) is 0 Å². The van der Waals surface area contributed by atoms with Gasteiger partial charge in [-0.15, -0.1) is 0 Å². The molecule has 0 bridgehead atoms. The summed E-state index contributed by atoms with van der Waals surface area (Å²) in [5.41, 5.74) is 0.0774. The van der Waals surface area contributed by atoms with Crippen molar-refractivity contribution in [2.45, 2.75) is 103 Å². The van der Waals surface area contributed by atoms with Crippen LogP contribution in [0.15, 0.2) is 23.1 Å². The molecular weight excluding hydrogens is 400 g/mol. The maximum absolute atomic E-state index is 13.4. The monoisotopic (exact) mass is 440 g/mol. The number of hydrogen-bond donors (Lipinski definition) is 0. The highest BCUT2D eigenvalue weighted by atomic mass is 32.2. The van der Waals surface area contributed by atoms with Crippen LogP contribution in [0, 0.1) is 17.0 Å². The molecule has 0 unspecified atom stereocenters. The van der Waals surface area contributed by atoms with Gasteiger partial charge in [-0.3, -0.25) is 10.1 Å². The maximum Gasteiger partial charge on any atom is 0.292 e. The lowest BCUT2D eigenvalue weighted by Crippen LogP contribution is -2.33. The molecule has 30 heavy (non-hydrogen) atoms. The Morgan fingerprint density at radius 3 is 1.77 bits per heavy atom. The molecule has 0 aliphatic rings. The largest absolute Gasteiger partial charge is 0.292 e. The lowest BCUT2D eigenvalue weighted by atomic mass is 10.1. The zero-order valence-electron chi connectivity index (χ0n) is 19.1. The van der Waals surface area contributed by atoms with Crippen molar-refractivity contribution in [1.29, 1.82) is 0 Å². The van der Waals surface area contributed by atoms with E-state index in [2.05, 4.69) is 13.8 Å². The van der Waals surface area contributed by atoms with Crippen molar-refractivity contribution in [2.24, 2.45) is 0 Å². The number of unbranched alkanes of at least 4 members (excludes halogenated alkanes) is 10. The zero-order chi connectivity index (χ0) is 22.4. The third kappa shape index (κ3) is 8.72. The standard InChI is InChI=1S/C23H40N2O4S/c1-4-6-8-10-12-14-19-24(20-15-13-11-9-7-5-2)30(28,29)22-18-16-17-21(3)23(22)25(26)27/h16-18H,4-15,19-20H2,1-3H3. The molecule has 0 spiro atoms. The third-order valence-corrected chi connectivity index (χ3v) is 7.45. The molecule has 0 aliphatic heterocycles. The summed E-state index contributed by atoms with van der Waals surface area (Å²) in [6, 6.07) is 4.54. The second-order valence-corrected chi connectivity index (χ2v) is 10.0. The van der Waals surface area contributed by atoms with Gasteiger partial charge >= 0.3 is 0 Å². The Morgan fingerprint density at radius 1 is 0.833 bits per heavy atom. The smallest absolute Gasteiger partial charge is 0.258 e. The fraction of sp³-hybridized carbons (Fsp3) is 0.739. The number of aryl methyl sites for hydroxylation is 1. The van der Waals surface area contributed by atoms with Crippen LogP contribution in [0.4, 0.5) is 5.69 Å². The van der Waals surface area contributed by atoms with Crippen molar-refractivity contribution < 1.29 is 13.3 Å². The molecule has 1 aromatic rings. The molecule has 0 N–H and O–H groups in total. The lowest BCUT2D eigenvalue weighted by Gasteiger charge is -2.22. The van der Waals surface area contributed by atoms with Gasteiger partial charge in [0, 0.05) is 18.7 Å². The van der Waals surface area contributed by atoms with Gasteiger partial charge in [-0.2, -0.15) is 4.31 Å². The zero-order valence-corrected chi connectivity index (χ0v) is 19.9. The molecule has 0 saturated heterocycles.